The molecule has 0 bridgehead atoms. The molecule has 7 heteroatoms. The van der Waals surface area contributed by atoms with Crippen LogP contribution >= 0.6 is 15.9 Å². The van der Waals surface area contributed by atoms with Crippen molar-refractivity contribution in [2.45, 2.75) is 32.0 Å². The van der Waals surface area contributed by atoms with Crippen LogP contribution in [0.25, 0.3) is 0 Å². The zero-order valence-electron chi connectivity index (χ0n) is 17.4. The van der Waals surface area contributed by atoms with Gasteiger partial charge in [0.1, 0.15) is 11.6 Å². The van der Waals surface area contributed by atoms with Gasteiger partial charge < -0.3 is 19.7 Å². The minimum absolute atomic E-state index is 0.215. The molecule has 0 saturated carbocycles. The summed E-state index contributed by atoms with van der Waals surface area (Å²) in [5, 5.41) is 13.6. The van der Waals surface area contributed by atoms with Crippen LogP contribution in [0.15, 0.2) is 74.7 Å². The van der Waals surface area contributed by atoms with Gasteiger partial charge in [-0.05, 0) is 66.6 Å². The predicted molar refractivity (Wildman–Crippen MR) is 123 cm³/mol. The lowest BCUT2D eigenvalue weighted by Crippen LogP contribution is -2.33. The zero-order chi connectivity index (χ0) is 22.0. The van der Waals surface area contributed by atoms with Crippen molar-refractivity contribution in [1.82, 2.24) is 10.2 Å². The number of amidine groups is 1. The molecule has 0 radical (unpaired) electrons. The highest BCUT2D eigenvalue weighted by molar-refractivity contribution is 9.10. The average molecular weight is 482 g/mol. The summed E-state index contributed by atoms with van der Waals surface area (Å²) in [5.41, 5.74) is 3.25. The molecule has 31 heavy (non-hydrogen) atoms. The molecule has 3 aromatic rings. The molecule has 1 aromatic heterocycles. The number of hydrogen-bond acceptors (Lipinski definition) is 4. The van der Waals surface area contributed by atoms with Crippen molar-refractivity contribution in [3.63, 3.8) is 0 Å². The van der Waals surface area contributed by atoms with Crippen LogP contribution < -0.4 is 5.32 Å². The molecular weight excluding hydrogens is 458 g/mol. The lowest BCUT2D eigenvalue weighted by molar-refractivity contribution is 0.0858. The number of carbonyl (C=O) groups excluding carboxylic acids is 1. The molecule has 2 N–H and O–H groups in total. The van der Waals surface area contributed by atoms with Crippen LogP contribution in [-0.4, -0.2) is 34.9 Å². The quantitative estimate of drug-likeness (QED) is 0.411. The summed E-state index contributed by atoms with van der Waals surface area (Å²) in [4.78, 5) is 19.4. The van der Waals surface area contributed by atoms with E-state index >= 15 is 0 Å². The Hall–Kier alpha value is -2.90. The molecule has 0 unspecified atom stereocenters. The van der Waals surface area contributed by atoms with E-state index in [2.05, 4.69) is 21.2 Å². The van der Waals surface area contributed by atoms with E-state index in [-0.39, 0.29) is 5.91 Å². The van der Waals surface area contributed by atoms with E-state index in [0.29, 0.717) is 18.5 Å². The molecule has 1 aliphatic carbocycles. The number of benzene rings is 2. The maximum Gasteiger partial charge on any atom is 0.251 e. The second-order valence-electron chi connectivity index (χ2n) is 7.71. The van der Waals surface area contributed by atoms with Gasteiger partial charge >= 0.3 is 0 Å². The van der Waals surface area contributed by atoms with Gasteiger partial charge in [0.15, 0.2) is 0 Å². The fraction of sp³-hybridized carbons (Fsp3) is 0.250. The summed E-state index contributed by atoms with van der Waals surface area (Å²) < 4.78 is 6.31. The third-order valence-corrected chi connectivity index (χ3v) is 6.02. The summed E-state index contributed by atoms with van der Waals surface area (Å²) in [6, 6.07) is 16.3. The van der Waals surface area contributed by atoms with E-state index in [9.17, 15) is 9.90 Å². The van der Waals surface area contributed by atoms with Crippen LogP contribution in [0.2, 0.25) is 0 Å². The molecule has 0 aliphatic heterocycles. The number of fused-ring (bicyclic) bond motifs is 1. The van der Waals surface area contributed by atoms with Crippen molar-refractivity contribution in [2.24, 2.45) is 4.99 Å². The highest BCUT2D eigenvalue weighted by atomic mass is 79.9. The molecule has 0 fully saturated rings. The SMILES string of the molecule is CC(=Nc1ccc2c(c1)[C@@H](NC(=O)c1ccc(Br)cc1)[C@H](O)C2)N(C)Cc1ccco1. The van der Waals surface area contributed by atoms with E-state index < -0.39 is 12.1 Å². The van der Waals surface area contributed by atoms with Crippen molar-refractivity contribution >= 4 is 33.4 Å². The number of aliphatic hydroxyl groups is 1. The van der Waals surface area contributed by atoms with E-state index in [4.69, 9.17) is 9.41 Å². The number of nitrogens with zero attached hydrogens (tertiary/aromatic N) is 2. The molecule has 160 valence electrons. The van der Waals surface area contributed by atoms with Crippen LogP contribution in [0.3, 0.4) is 0 Å². The molecule has 2 atom stereocenters. The third kappa shape index (κ3) is 4.89. The van der Waals surface area contributed by atoms with Gasteiger partial charge in [-0.3, -0.25) is 4.79 Å². The molecule has 2 aromatic carbocycles. The maximum absolute atomic E-state index is 12.7. The smallest absolute Gasteiger partial charge is 0.251 e. The number of carbonyl (C=O) groups is 1. The molecule has 1 heterocycles. The van der Waals surface area contributed by atoms with Gasteiger partial charge in [0, 0.05) is 23.5 Å². The lowest BCUT2D eigenvalue weighted by atomic mass is 10.1. The van der Waals surface area contributed by atoms with Gasteiger partial charge in [-0.2, -0.15) is 0 Å². The molecule has 6 nitrogen and oxygen atoms in total. The van der Waals surface area contributed by atoms with Crippen molar-refractivity contribution < 1.29 is 14.3 Å². The van der Waals surface area contributed by atoms with Crippen molar-refractivity contribution in [1.29, 1.82) is 0 Å². The Morgan fingerprint density at radius 1 is 1.26 bits per heavy atom. The summed E-state index contributed by atoms with van der Waals surface area (Å²) in [6.07, 6.45) is 1.49. The summed E-state index contributed by atoms with van der Waals surface area (Å²) in [5.74, 6) is 1.49. The second-order valence-corrected chi connectivity index (χ2v) is 8.62. The third-order valence-electron chi connectivity index (χ3n) is 5.49. The first-order chi connectivity index (χ1) is 14.9. The molecule has 0 spiro atoms. The van der Waals surface area contributed by atoms with Crippen LogP contribution in [0.5, 0.6) is 0 Å². The first-order valence-electron chi connectivity index (χ1n) is 10.1. The highest BCUT2D eigenvalue weighted by Crippen LogP contribution is 2.34. The highest BCUT2D eigenvalue weighted by Gasteiger charge is 2.32. The van der Waals surface area contributed by atoms with E-state index in [0.717, 1.165) is 32.9 Å². The molecule has 1 aliphatic rings. The topological polar surface area (TPSA) is 78.1 Å². The average Bonchev–Trinajstić information content (AvgIpc) is 3.36. The van der Waals surface area contributed by atoms with Gasteiger partial charge in [-0.1, -0.05) is 22.0 Å². The minimum Gasteiger partial charge on any atom is -0.467 e. The molecule has 4 rings (SSSR count). The van der Waals surface area contributed by atoms with Gasteiger partial charge in [0.05, 0.1) is 30.6 Å². The number of amides is 1. The fourth-order valence-electron chi connectivity index (χ4n) is 3.70. The first kappa shape index (κ1) is 21.3. The number of aliphatic hydroxyl groups excluding tert-OH is 1. The van der Waals surface area contributed by atoms with E-state index in [1.54, 1.807) is 18.4 Å². The lowest BCUT2D eigenvalue weighted by Gasteiger charge is -2.19. The van der Waals surface area contributed by atoms with Crippen LogP contribution in [0.4, 0.5) is 5.69 Å². The number of aliphatic imine (C=N–C) groups is 1. The van der Waals surface area contributed by atoms with Gasteiger partial charge in [-0.25, -0.2) is 4.99 Å². The minimum atomic E-state index is -0.670. The fourth-order valence-corrected chi connectivity index (χ4v) is 3.96. The first-order valence-corrected chi connectivity index (χ1v) is 10.9. The Labute approximate surface area is 189 Å². The van der Waals surface area contributed by atoms with Crippen LogP contribution in [0, 0.1) is 0 Å². The Bertz CT molecular complexity index is 1090. The van der Waals surface area contributed by atoms with Crippen LogP contribution in [0.1, 0.15) is 40.2 Å². The maximum atomic E-state index is 12.7. The monoisotopic (exact) mass is 481 g/mol. The second kappa shape index (κ2) is 9.08. The predicted octanol–water partition coefficient (Wildman–Crippen LogP) is 4.61. The van der Waals surface area contributed by atoms with Gasteiger partial charge in [0.2, 0.25) is 0 Å². The standard InChI is InChI=1S/C24H24BrN3O3/c1-15(28(2)14-20-4-3-11-31-20)26-19-10-7-17-12-22(29)23(21(17)13-19)27-24(30)16-5-8-18(25)9-6-16/h3-11,13,22-23,29H,12,14H2,1-2H3,(H,27,30)/t22-,23-/m1/s1. The number of nitrogens with one attached hydrogen (secondary N) is 1. The van der Waals surface area contributed by atoms with Crippen molar-refractivity contribution in [3.8, 4) is 0 Å². The number of hydrogen-bond donors (Lipinski definition) is 2. The number of halogens is 1. The van der Waals surface area contributed by atoms with Gasteiger partial charge in [0.25, 0.3) is 5.91 Å². The largest absolute Gasteiger partial charge is 0.467 e. The Kier molecular flexibility index (Phi) is 6.25. The Morgan fingerprint density at radius 3 is 2.74 bits per heavy atom. The number of furan rings is 1. The van der Waals surface area contributed by atoms with Crippen LogP contribution in [-0.2, 0) is 13.0 Å². The normalized spacial score (nSPS) is 18.0. The number of rotatable bonds is 5. The van der Waals surface area contributed by atoms with E-state index in [1.165, 1.54) is 0 Å². The van der Waals surface area contributed by atoms with Gasteiger partial charge in [-0.15, -0.1) is 0 Å². The van der Waals surface area contributed by atoms with Crippen molar-refractivity contribution in [2.75, 3.05) is 7.05 Å². The summed E-state index contributed by atoms with van der Waals surface area (Å²) in [6.45, 7) is 2.57. The molecular formula is C24H24BrN3O3. The molecule has 0 saturated heterocycles. The van der Waals surface area contributed by atoms with E-state index in [1.807, 2.05) is 61.3 Å². The molecule has 1 amide bonds. The Morgan fingerprint density at radius 2 is 2.03 bits per heavy atom. The zero-order valence-corrected chi connectivity index (χ0v) is 19.0. The Balaban J connectivity index is 1.52. The van der Waals surface area contributed by atoms with Crippen molar-refractivity contribution in [3.05, 3.63) is 87.8 Å². The summed E-state index contributed by atoms with van der Waals surface area (Å²) >= 11 is 3.37. The summed E-state index contributed by atoms with van der Waals surface area (Å²) in [7, 11) is 1.96.